The summed E-state index contributed by atoms with van der Waals surface area (Å²) in [6.45, 7) is 3.67. The largest absolute Gasteiger partial charge is 0.508 e. The molecule has 208 valence electrons. The highest BCUT2D eigenvalue weighted by Gasteiger charge is 2.59. The number of fused-ring (bicyclic) bond motifs is 2. The van der Waals surface area contributed by atoms with Crippen molar-refractivity contribution in [3.63, 3.8) is 0 Å². The molecule has 2 saturated carbocycles. The first-order chi connectivity index (χ1) is 19.0. The van der Waals surface area contributed by atoms with E-state index in [1.165, 1.54) is 95.0 Å². The van der Waals surface area contributed by atoms with E-state index in [4.69, 9.17) is 4.74 Å². The molecule has 1 N–H and O–H groups in total. The maximum atomic E-state index is 10.7. The van der Waals surface area contributed by atoms with E-state index in [0.29, 0.717) is 29.2 Å². The van der Waals surface area contributed by atoms with Crippen molar-refractivity contribution in [3.05, 3.63) is 58.7 Å². The lowest BCUT2D eigenvalue weighted by atomic mass is 9.48. The number of rotatable bonds is 3. The Balaban J connectivity index is 1.17. The van der Waals surface area contributed by atoms with Crippen LogP contribution >= 0.6 is 0 Å². The van der Waals surface area contributed by atoms with Gasteiger partial charge in [0.25, 0.3) is 0 Å². The van der Waals surface area contributed by atoms with Crippen LogP contribution in [-0.4, -0.2) is 60.8 Å². The molecule has 7 atom stereocenters. The van der Waals surface area contributed by atoms with Gasteiger partial charge in [-0.25, -0.2) is 0 Å². The highest BCUT2D eigenvalue weighted by molar-refractivity contribution is 5.47. The number of nitrogens with zero attached hydrogens (tertiary/aromatic N) is 2. The third-order valence-corrected chi connectivity index (χ3v) is 13.0. The Morgan fingerprint density at radius 3 is 2.56 bits per heavy atom. The number of phenolic OH excluding ortho intramolecular Hbond substituents is 1. The van der Waals surface area contributed by atoms with Crippen molar-refractivity contribution < 1.29 is 9.84 Å². The Labute approximate surface area is 234 Å². The smallest absolute Gasteiger partial charge is 0.119 e. The zero-order chi connectivity index (χ0) is 26.4. The molecule has 2 aliphatic heterocycles. The van der Waals surface area contributed by atoms with Gasteiger partial charge >= 0.3 is 0 Å². The van der Waals surface area contributed by atoms with Gasteiger partial charge in [0, 0.05) is 29.5 Å². The van der Waals surface area contributed by atoms with Crippen LogP contribution in [0.5, 0.6) is 11.5 Å². The molecular weight excluding hydrogens is 480 g/mol. The van der Waals surface area contributed by atoms with Crippen LogP contribution in [0.4, 0.5) is 0 Å². The molecule has 0 spiro atoms. The molecule has 8 rings (SSSR count). The minimum absolute atomic E-state index is 0.225. The summed E-state index contributed by atoms with van der Waals surface area (Å²) in [6.07, 6.45) is 14.5. The number of ether oxygens (including phenoxy) is 1. The average Bonchev–Trinajstić information content (AvgIpc) is 2.96. The Morgan fingerprint density at radius 1 is 0.846 bits per heavy atom. The molecular formula is C35H46N2O2. The third kappa shape index (κ3) is 3.43. The number of likely N-dealkylation sites (N-methyl/N-ethyl adjacent to an activating group) is 1. The summed E-state index contributed by atoms with van der Waals surface area (Å²) in [4.78, 5) is 5.66. The van der Waals surface area contributed by atoms with Crippen molar-refractivity contribution in [2.75, 3.05) is 33.8 Å². The quantitative estimate of drug-likeness (QED) is 0.526. The van der Waals surface area contributed by atoms with E-state index in [9.17, 15) is 5.11 Å². The minimum Gasteiger partial charge on any atom is -0.508 e. The maximum Gasteiger partial charge on any atom is 0.119 e. The molecule has 2 saturated heterocycles. The van der Waals surface area contributed by atoms with Gasteiger partial charge in [0.05, 0.1) is 7.11 Å². The Kier molecular flexibility index (Phi) is 5.69. The molecule has 0 aromatic heterocycles. The maximum absolute atomic E-state index is 10.7. The van der Waals surface area contributed by atoms with E-state index < -0.39 is 0 Å². The highest BCUT2D eigenvalue weighted by Crippen LogP contribution is 2.60. The fraction of sp³-hybridized carbons (Fsp3) is 0.657. The standard InChI is InChI=1S/C35H46N2O2/c1-36-16-15-35-25(6-5-8-29(35)32(36)18-24-9-11-26(38)20-31(24)35)22-37-17-14-34-13-4-3-7-28(34)33(37)19-23-10-12-27(39-2)21-30(23)34/h9-12,20-21,25,28-29,32-33,38H,3-8,13-19,22H2,1-2H3/t25?,28-,29-,32+,33+,34+,35-/m1/s1. The number of piperidine rings is 2. The molecule has 1 unspecified atom stereocenters. The Hall–Kier alpha value is -2.04. The summed E-state index contributed by atoms with van der Waals surface area (Å²) in [6, 6.07) is 14.7. The number of aromatic hydroxyl groups is 1. The summed E-state index contributed by atoms with van der Waals surface area (Å²) >= 11 is 0. The van der Waals surface area contributed by atoms with E-state index in [1.807, 2.05) is 13.2 Å². The molecule has 2 heterocycles. The van der Waals surface area contributed by atoms with Crippen LogP contribution in [-0.2, 0) is 23.7 Å². The minimum atomic E-state index is 0.225. The molecule has 4 heteroatoms. The number of methoxy groups -OCH3 is 1. The van der Waals surface area contributed by atoms with Crippen LogP contribution in [0.1, 0.15) is 80.0 Å². The van der Waals surface area contributed by atoms with Gasteiger partial charge in [0.15, 0.2) is 0 Å². The van der Waals surface area contributed by atoms with Gasteiger partial charge in [0.1, 0.15) is 11.5 Å². The molecule has 39 heavy (non-hydrogen) atoms. The number of hydrogen-bond acceptors (Lipinski definition) is 4. The van der Waals surface area contributed by atoms with Crippen LogP contribution in [0.25, 0.3) is 0 Å². The van der Waals surface area contributed by atoms with E-state index in [1.54, 1.807) is 11.1 Å². The van der Waals surface area contributed by atoms with Gasteiger partial charge in [-0.15, -0.1) is 0 Å². The van der Waals surface area contributed by atoms with Crippen LogP contribution in [0.15, 0.2) is 36.4 Å². The van der Waals surface area contributed by atoms with Crippen molar-refractivity contribution in [2.24, 2.45) is 17.8 Å². The van der Waals surface area contributed by atoms with Crippen LogP contribution in [0, 0.1) is 17.8 Å². The lowest BCUT2D eigenvalue weighted by Gasteiger charge is -2.63. The van der Waals surface area contributed by atoms with Crippen LogP contribution in [0.3, 0.4) is 0 Å². The van der Waals surface area contributed by atoms with Crippen molar-refractivity contribution in [3.8, 4) is 11.5 Å². The van der Waals surface area contributed by atoms with Gasteiger partial charge in [-0.05, 0) is 136 Å². The monoisotopic (exact) mass is 526 g/mol. The number of phenols is 1. The Bertz CT molecular complexity index is 1280. The van der Waals surface area contributed by atoms with E-state index in [2.05, 4.69) is 47.2 Å². The van der Waals surface area contributed by atoms with Crippen molar-refractivity contribution in [1.82, 2.24) is 9.80 Å². The van der Waals surface area contributed by atoms with E-state index in [0.717, 1.165) is 24.0 Å². The molecule has 4 fully saturated rings. The lowest BCUT2D eigenvalue weighted by Crippen LogP contribution is -2.66. The van der Waals surface area contributed by atoms with Crippen molar-refractivity contribution in [2.45, 2.75) is 93.5 Å². The van der Waals surface area contributed by atoms with Gasteiger partial charge in [0.2, 0.25) is 0 Å². The number of hydrogen-bond donors (Lipinski definition) is 1. The van der Waals surface area contributed by atoms with Crippen molar-refractivity contribution >= 4 is 0 Å². The summed E-state index contributed by atoms with van der Waals surface area (Å²) < 4.78 is 5.72. The summed E-state index contributed by atoms with van der Waals surface area (Å²) in [5.74, 6) is 3.69. The molecule has 2 aromatic carbocycles. The van der Waals surface area contributed by atoms with Gasteiger partial charge < -0.3 is 14.7 Å². The highest BCUT2D eigenvalue weighted by atomic mass is 16.5. The molecule has 4 bridgehead atoms. The molecule has 0 amide bonds. The SMILES string of the molecule is COc1ccc2c(c1)[C@]13CCCC[C@@H]1[C@H](C2)N(CC1CCC[C@@H]2[C@@H]4Cc5ccc(O)cc5[C@]12CCN4C)CC3. The first-order valence-electron chi connectivity index (χ1n) is 16.0. The normalized spacial score (nSPS) is 39.2. The average molecular weight is 527 g/mol. The number of benzene rings is 2. The Morgan fingerprint density at radius 2 is 1.67 bits per heavy atom. The van der Waals surface area contributed by atoms with Gasteiger partial charge in [-0.3, -0.25) is 4.90 Å². The second-order valence-electron chi connectivity index (χ2n) is 14.2. The predicted octanol–water partition coefficient (Wildman–Crippen LogP) is 6.07. The fourth-order valence-corrected chi connectivity index (χ4v) is 11.4. The molecule has 6 aliphatic rings. The second-order valence-corrected chi connectivity index (χ2v) is 14.2. The van der Waals surface area contributed by atoms with Crippen LogP contribution in [0.2, 0.25) is 0 Å². The number of likely N-dealkylation sites (tertiary alicyclic amines) is 2. The van der Waals surface area contributed by atoms with Gasteiger partial charge in [-0.1, -0.05) is 31.4 Å². The predicted molar refractivity (Wildman–Crippen MR) is 156 cm³/mol. The van der Waals surface area contributed by atoms with Crippen molar-refractivity contribution in [1.29, 1.82) is 0 Å². The lowest BCUT2D eigenvalue weighted by molar-refractivity contribution is -0.0667. The van der Waals surface area contributed by atoms with E-state index in [-0.39, 0.29) is 5.41 Å². The summed E-state index contributed by atoms with van der Waals surface area (Å²) in [5.41, 5.74) is 6.84. The zero-order valence-electron chi connectivity index (χ0n) is 24.0. The first-order valence-corrected chi connectivity index (χ1v) is 16.0. The molecule has 2 aromatic rings. The third-order valence-electron chi connectivity index (χ3n) is 13.0. The molecule has 4 aliphatic carbocycles. The topological polar surface area (TPSA) is 35.9 Å². The molecule has 4 nitrogen and oxygen atoms in total. The zero-order valence-corrected chi connectivity index (χ0v) is 24.0. The van der Waals surface area contributed by atoms with Crippen LogP contribution < -0.4 is 4.74 Å². The first kappa shape index (κ1) is 24.7. The van der Waals surface area contributed by atoms with E-state index >= 15 is 0 Å². The summed E-state index contributed by atoms with van der Waals surface area (Å²) in [5, 5.41) is 10.7. The second kappa shape index (κ2) is 8.98. The molecule has 0 radical (unpaired) electrons. The van der Waals surface area contributed by atoms with Gasteiger partial charge in [-0.2, -0.15) is 0 Å². The fourth-order valence-electron chi connectivity index (χ4n) is 11.4. The summed E-state index contributed by atoms with van der Waals surface area (Å²) in [7, 11) is 4.19.